The van der Waals surface area contributed by atoms with Gasteiger partial charge in [-0.15, -0.1) is 11.6 Å². The third kappa shape index (κ3) is 2.29. The molecule has 0 aliphatic carbocycles. The zero-order valence-electron chi connectivity index (χ0n) is 12.8. The van der Waals surface area contributed by atoms with Crippen molar-refractivity contribution in [1.29, 1.82) is 0 Å². The smallest absolute Gasteiger partial charge is 0.140 e. The van der Waals surface area contributed by atoms with Crippen LogP contribution in [0.15, 0.2) is 36.5 Å². The predicted octanol–water partition coefficient (Wildman–Crippen LogP) is 4.07. The van der Waals surface area contributed by atoms with E-state index in [-0.39, 0.29) is 0 Å². The van der Waals surface area contributed by atoms with E-state index < -0.39 is 0 Å². The van der Waals surface area contributed by atoms with Gasteiger partial charge in [0.25, 0.3) is 0 Å². The number of nitrogens with zero attached hydrogens (tertiary/aromatic N) is 2. The van der Waals surface area contributed by atoms with Gasteiger partial charge in [0, 0.05) is 11.8 Å². The lowest BCUT2D eigenvalue weighted by molar-refractivity contribution is 0.404. The molecule has 114 valence electrons. The van der Waals surface area contributed by atoms with Crippen molar-refractivity contribution in [2.24, 2.45) is 0 Å². The standard InChI is InChI=1S/C17H17ClN2O2/c1-11-5-4-8-20-14(10-18)16(19-17(11)20)13-9-12(21-2)6-7-15(13)22-3/h4-9H,10H2,1-3H3. The van der Waals surface area contributed by atoms with Crippen LogP contribution in [0.2, 0.25) is 0 Å². The first-order chi connectivity index (χ1) is 10.7. The average molecular weight is 317 g/mol. The molecule has 4 nitrogen and oxygen atoms in total. The second-order valence-electron chi connectivity index (χ2n) is 4.99. The van der Waals surface area contributed by atoms with Crippen LogP contribution in [0.4, 0.5) is 0 Å². The van der Waals surface area contributed by atoms with E-state index >= 15 is 0 Å². The Morgan fingerprint density at radius 2 is 2.00 bits per heavy atom. The summed E-state index contributed by atoms with van der Waals surface area (Å²) < 4.78 is 12.8. The lowest BCUT2D eigenvalue weighted by atomic mass is 10.1. The first kappa shape index (κ1) is 14.7. The molecule has 3 aromatic rings. The fourth-order valence-electron chi connectivity index (χ4n) is 2.60. The Balaban J connectivity index is 2.32. The Kier molecular flexibility index (Phi) is 3.94. The number of methoxy groups -OCH3 is 2. The van der Waals surface area contributed by atoms with Gasteiger partial charge in [-0.05, 0) is 36.8 Å². The molecule has 1 aromatic carbocycles. The summed E-state index contributed by atoms with van der Waals surface area (Å²) in [5, 5.41) is 0. The highest BCUT2D eigenvalue weighted by molar-refractivity contribution is 6.17. The summed E-state index contributed by atoms with van der Waals surface area (Å²) in [4.78, 5) is 4.78. The van der Waals surface area contributed by atoms with E-state index in [1.54, 1.807) is 14.2 Å². The van der Waals surface area contributed by atoms with E-state index in [0.29, 0.717) is 5.88 Å². The molecule has 0 bridgehead atoms. The van der Waals surface area contributed by atoms with Crippen LogP contribution in [0.1, 0.15) is 11.3 Å². The van der Waals surface area contributed by atoms with Crippen LogP contribution in [0.3, 0.4) is 0 Å². The Labute approximate surface area is 134 Å². The molecule has 3 rings (SSSR count). The van der Waals surface area contributed by atoms with Crippen molar-refractivity contribution in [1.82, 2.24) is 9.38 Å². The van der Waals surface area contributed by atoms with Crippen LogP contribution in [0.5, 0.6) is 11.5 Å². The summed E-state index contributed by atoms with van der Waals surface area (Å²) in [7, 11) is 3.29. The van der Waals surface area contributed by atoms with E-state index in [2.05, 4.69) is 0 Å². The zero-order chi connectivity index (χ0) is 15.7. The molecule has 2 aromatic heterocycles. The highest BCUT2D eigenvalue weighted by Crippen LogP contribution is 2.36. The summed E-state index contributed by atoms with van der Waals surface area (Å²) in [5.41, 5.74) is 4.63. The third-order valence-electron chi connectivity index (χ3n) is 3.73. The molecule has 0 radical (unpaired) electrons. The summed E-state index contributed by atoms with van der Waals surface area (Å²) in [6.07, 6.45) is 1.98. The van der Waals surface area contributed by atoms with E-state index in [1.165, 1.54) is 0 Å². The van der Waals surface area contributed by atoms with Crippen molar-refractivity contribution in [2.45, 2.75) is 12.8 Å². The average Bonchev–Trinajstić information content (AvgIpc) is 2.94. The van der Waals surface area contributed by atoms with Gasteiger partial charge in [-0.3, -0.25) is 0 Å². The minimum absolute atomic E-state index is 0.361. The monoisotopic (exact) mass is 316 g/mol. The van der Waals surface area contributed by atoms with E-state index in [4.69, 9.17) is 26.1 Å². The van der Waals surface area contributed by atoms with Crippen molar-refractivity contribution < 1.29 is 9.47 Å². The number of rotatable bonds is 4. The summed E-state index contributed by atoms with van der Waals surface area (Å²) >= 11 is 6.19. The maximum absolute atomic E-state index is 6.19. The van der Waals surface area contributed by atoms with Crippen LogP contribution < -0.4 is 9.47 Å². The molecule has 0 fully saturated rings. The maximum Gasteiger partial charge on any atom is 0.140 e. The van der Waals surface area contributed by atoms with Crippen LogP contribution >= 0.6 is 11.6 Å². The Bertz CT molecular complexity index is 827. The lowest BCUT2D eigenvalue weighted by Gasteiger charge is -2.10. The maximum atomic E-state index is 6.19. The fraction of sp³-hybridized carbons (Fsp3) is 0.235. The molecule has 2 heterocycles. The number of halogens is 1. The van der Waals surface area contributed by atoms with Gasteiger partial charge >= 0.3 is 0 Å². The first-order valence-corrected chi connectivity index (χ1v) is 7.48. The van der Waals surface area contributed by atoms with Crippen LogP contribution in [0, 0.1) is 6.92 Å². The van der Waals surface area contributed by atoms with Crippen LogP contribution in [-0.4, -0.2) is 23.6 Å². The number of aromatic nitrogens is 2. The number of ether oxygens (including phenoxy) is 2. The van der Waals surface area contributed by atoms with Crippen molar-refractivity contribution in [3.8, 4) is 22.8 Å². The number of hydrogen-bond acceptors (Lipinski definition) is 3. The van der Waals surface area contributed by atoms with Gasteiger partial charge in [-0.2, -0.15) is 0 Å². The second kappa shape index (κ2) is 5.89. The molecule has 0 aliphatic rings. The number of hydrogen-bond donors (Lipinski definition) is 0. The van der Waals surface area contributed by atoms with Crippen LogP contribution in [0.25, 0.3) is 16.9 Å². The molecule has 0 unspecified atom stereocenters. The topological polar surface area (TPSA) is 35.8 Å². The minimum atomic E-state index is 0.361. The number of aryl methyl sites for hydroxylation is 1. The second-order valence-corrected chi connectivity index (χ2v) is 5.26. The number of fused-ring (bicyclic) bond motifs is 1. The predicted molar refractivity (Wildman–Crippen MR) is 88.0 cm³/mol. The van der Waals surface area contributed by atoms with Gasteiger partial charge in [-0.1, -0.05) is 6.07 Å². The zero-order valence-corrected chi connectivity index (χ0v) is 13.5. The molecule has 0 atom stereocenters. The summed E-state index contributed by atoms with van der Waals surface area (Å²) in [5.74, 6) is 1.86. The first-order valence-electron chi connectivity index (χ1n) is 6.94. The molecule has 5 heteroatoms. The van der Waals surface area contributed by atoms with E-state index in [1.807, 2.05) is 47.9 Å². The lowest BCUT2D eigenvalue weighted by Crippen LogP contribution is -1.94. The van der Waals surface area contributed by atoms with E-state index in [9.17, 15) is 0 Å². The molecular weight excluding hydrogens is 300 g/mol. The number of alkyl halides is 1. The van der Waals surface area contributed by atoms with Gasteiger partial charge in [-0.25, -0.2) is 4.98 Å². The van der Waals surface area contributed by atoms with Crippen molar-refractivity contribution in [3.63, 3.8) is 0 Å². The Hall–Kier alpha value is -2.20. The highest BCUT2D eigenvalue weighted by Gasteiger charge is 2.18. The van der Waals surface area contributed by atoms with Gasteiger partial charge in [0.2, 0.25) is 0 Å². The Morgan fingerprint density at radius 3 is 2.68 bits per heavy atom. The van der Waals surface area contributed by atoms with Crippen molar-refractivity contribution in [3.05, 3.63) is 47.8 Å². The van der Waals surface area contributed by atoms with Gasteiger partial charge in [0.05, 0.1) is 31.5 Å². The van der Waals surface area contributed by atoms with Gasteiger partial charge < -0.3 is 13.9 Å². The van der Waals surface area contributed by atoms with Crippen molar-refractivity contribution in [2.75, 3.05) is 14.2 Å². The van der Waals surface area contributed by atoms with E-state index in [0.717, 1.165) is 39.7 Å². The quantitative estimate of drug-likeness (QED) is 0.681. The van der Waals surface area contributed by atoms with Gasteiger partial charge in [0.15, 0.2) is 0 Å². The summed E-state index contributed by atoms with van der Waals surface area (Å²) in [6, 6.07) is 9.69. The molecule has 22 heavy (non-hydrogen) atoms. The molecule has 0 saturated heterocycles. The molecule has 0 saturated carbocycles. The molecule has 0 amide bonds. The number of pyridine rings is 1. The molecule has 0 aliphatic heterocycles. The largest absolute Gasteiger partial charge is 0.497 e. The van der Waals surface area contributed by atoms with Crippen molar-refractivity contribution >= 4 is 17.2 Å². The minimum Gasteiger partial charge on any atom is -0.497 e. The number of benzene rings is 1. The molecular formula is C17H17ClN2O2. The third-order valence-corrected chi connectivity index (χ3v) is 3.99. The Morgan fingerprint density at radius 1 is 1.18 bits per heavy atom. The normalized spacial score (nSPS) is 10.9. The summed E-state index contributed by atoms with van der Waals surface area (Å²) in [6.45, 7) is 2.03. The van der Waals surface area contributed by atoms with Crippen LogP contribution in [-0.2, 0) is 5.88 Å². The molecule has 0 N–H and O–H groups in total. The van der Waals surface area contributed by atoms with Gasteiger partial charge in [0.1, 0.15) is 17.1 Å². The highest BCUT2D eigenvalue weighted by atomic mass is 35.5. The molecule has 0 spiro atoms. The SMILES string of the molecule is COc1ccc(OC)c(-c2nc3c(C)cccn3c2CCl)c1. The number of imidazole rings is 1. The fourth-order valence-corrected chi connectivity index (χ4v) is 2.85.